The zero-order valence-electron chi connectivity index (χ0n) is 16.9. The van der Waals surface area contributed by atoms with Crippen LogP contribution < -0.4 is 10.6 Å². The minimum atomic E-state index is -0.262. The first-order valence-corrected chi connectivity index (χ1v) is 9.59. The maximum Gasteiger partial charge on any atom is 0.207 e. The molecule has 2 N–H and O–H groups in total. The van der Waals surface area contributed by atoms with Crippen LogP contribution in [0.4, 0.5) is 4.39 Å². The summed E-state index contributed by atoms with van der Waals surface area (Å²) in [5.74, 6) is 0.0213. The maximum atomic E-state index is 12.6. The molecule has 0 heterocycles. The molecule has 0 aromatic heterocycles. The molecule has 2 amide bonds. The van der Waals surface area contributed by atoms with Gasteiger partial charge in [0.2, 0.25) is 12.8 Å². The summed E-state index contributed by atoms with van der Waals surface area (Å²) < 4.78 is 12.6. The van der Waals surface area contributed by atoms with Gasteiger partial charge in [0, 0.05) is 0 Å². The zero-order chi connectivity index (χ0) is 21.2. The van der Waals surface area contributed by atoms with E-state index >= 15 is 0 Å². The minimum absolute atomic E-state index is 0.0481. The molecule has 0 bridgehead atoms. The molecule has 0 spiro atoms. The molecule has 0 radical (unpaired) electrons. The van der Waals surface area contributed by atoms with Gasteiger partial charge in [0.05, 0.1) is 12.1 Å². The number of benzene rings is 3. The first kappa shape index (κ1) is 22.1. The predicted octanol–water partition coefficient (Wildman–Crippen LogP) is 4.92. The maximum absolute atomic E-state index is 12.6. The Bertz CT molecular complexity index is 926. The molecule has 0 saturated carbocycles. The largest absolute Gasteiger partial charge is 0.352 e. The zero-order valence-corrected chi connectivity index (χ0v) is 16.9. The summed E-state index contributed by atoms with van der Waals surface area (Å²) in [6.07, 6.45) is 1.41. The number of hydrogen-bond acceptors (Lipinski definition) is 2. The molecule has 0 aliphatic rings. The van der Waals surface area contributed by atoms with Gasteiger partial charge in [-0.3, -0.25) is 9.59 Å². The number of amides is 2. The second-order valence-electron chi connectivity index (χ2n) is 7.17. The van der Waals surface area contributed by atoms with E-state index in [1.807, 2.05) is 39.0 Å². The third kappa shape index (κ3) is 6.42. The molecule has 3 rings (SSSR count). The van der Waals surface area contributed by atoms with Crippen molar-refractivity contribution < 1.29 is 14.0 Å². The number of nitrogens with one attached hydrogen (secondary N) is 2. The van der Waals surface area contributed by atoms with Gasteiger partial charge in [-0.15, -0.1) is 0 Å². The highest BCUT2D eigenvalue weighted by atomic mass is 19.1. The van der Waals surface area contributed by atoms with Gasteiger partial charge in [-0.1, -0.05) is 62.4 Å². The fraction of sp³-hybridized carbons (Fsp3) is 0.250. The highest BCUT2D eigenvalue weighted by Gasteiger charge is 2.14. The lowest BCUT2D eigenvalue weighted by Gasteiger charge is -2.20. The smallest absolute Gasteiger partial charge is 0.207 e. The molecule has 0 aliphatic carbocycles. The molecule has 2 atom stereocenters. The molecule has 0 saturated heterocycles. The molecule has 0 aliphatic heterocycles. The van der Waals surface area contributed by atoms with Crippen LogP contribution in [0.15, 0.2) is 66.7 Å². The van der Waals surface area contributed by atoms with Gasteiger partial charge in [0.25, 0.3) is 0 Å². The minimum Gasteiger partial charge on any atom is -0.352 e. The molecular weight excluding hydrogens is 367 g/mol. The van der Waals surface area contributed by atoms with E-state index in [1.54, 1.807) is 12.1 Å². The number of hydrogen-bond donors (Lipinski definition) is 2. The predicted molar refractivity (Wildman–Crippen MR) is 115 cm³/mol. The van der Waals surface area contributed by atoms with Crippen molar-refractivity contribution in [3.8, 4) is 0 Å². The number of halogens is 1. The third-order valence-electron chi connectivity index (χ3n) is 4.73. The quantitative estimate of drug-likeness (QED) is 0.559. The number of carbonyl (C=O) groups is 2. The van der Waals surface area contributed by atoms with Crippen LogP contribution >= 0.6 is 0 Å². The molecule has 4 nitrogen and oxygen atoms in total. The molecular formula is C24H27FN2O2. The summed E-state index contributed by atoms with van der Waals surface area (Å²) in [6, 6.07) is 20.6. The number of carbonyl (C=O) groups excluding carboxylic acids is 2. The van der Waals surface area contributed by atoms with E-state index < -0.39 is 0 Å². The van der Waals surface area contributed by atoms with E-state index in [1.165, 1.54) is 22.9 Å². The van der Waals surface area contributed by atoms with Gasteiger partial charge in [-0.25, -0.2) is 4.39 Å². The molecule has 2 unspecified atom stereocenters. The average molecular weight is 394 g/mol. The number of fused-ring (bicyclic) bond motifs is 1. The monoisotopic (exact) mass is 394 g/mol. The molecule has 152 valence electrons. The van der Waals surface area contributed by atoms with Gasteiger partial charge >= 0.3 is 0 Å². The van der Waals surface area contributed by atoms with Crippen molar-refractivity contribution in [3.05, 3.63) is 83.7 Å². The Morgan fingerprint density at radius 2 is 1.34 bits per heavy atom. The first-order chi connectivity index (χ1) is 14.0. The molecule has 5 heteroatoms. The first-order valence-electron chi connectivity index (χ1n) is 9.59. The van der Waals surface area contributed by atoms with Crippen molar-refractivity contribution in [1.29, 1.82) is 0 Å². The van der Waals surface area contributed by atoms with E-state index in [-0.39, 0.29) is 23.8 Å². The summed E-state index contributed by atoms with van der Waals surface area (Å²) >= 11 is 0. The average Bonchev–Trinajstić information content (AvgIpc) is 2.73. The molecule has 3 aromatic carbocycles. The van der Waals surface area contributed by atoms with Gasteiger partial charge < -0.3 is 10.6 Å². The van der Waals surface area contributed by atoms with Crippen LogP contribution in [0.25, 0.3) is 10.8 Å². The van der Waals surface area contributed by atoms with Crippen molar-refractivity contribution in [2.24, 2.45) is 5.92 Å². The van der Waals surface area contributed by atoms with E-state index in [4.69, 9.17) is 0 Å². The molecule has 29 heavy (non-hydrogen) atoms. The summed E-state index contributed by atoms with van der Waals surface area (Å²) in [6.45, 7) is 5.98. The van der Waals surface area contributed by atoms with Crippen LogP contribution in [0.5, 0.6) is 0 Å². The van der Waals surface area contributed by atoms with Gasteiger partial charge in [0.1, 0.15) is 5.82 Å². The van der Waals surface area contributed by atoms with Gasteiger partial charge in [-0.2, -0.15) is 0 Å². The van der Waals surface area contributed by atoms with E-state index in [0.717, 1.165) is 17.5 Å². The highest BCUT2D eigenvalue weighted by molar-refractivity contribution is 5.83. The number of rotatable bonds is 7. The summed E-state index contributed by atoms with van der Waals surface area (Å²) in [5, 5.41) is 7.89. The van der Waals surface area contributed by atoms with Crippen LogP contribution in [0.3, 0.4) is 0 Å². The highest BCUT2D eigenvalue weighted by Crippen LogP contribution is 2.21. The SMILES string of the molecule is CC(C)C(NC=O)c1ccc(F)cc1.CC(NC=O)c1ccc2ccccc2c1. The Balaban J connectivity index is 0.000000208. The van der Waals surface area contributed by atoms with Crippen molar-refractivity contribution in [2.45, 2.75) is 32.9 Å². The fourth-order valence-corrected chi connectivity index (χ4v) is 3.09. The van der Waals surface area contributed by atoms with Crippen molar-refractivity contribution in [2.75, 3.05) is 0 Å². The third-order valence-corrected chi connectivity index (χ3v) is 4.73. The Morgan fingerprint density at radius 1 is 0.759 bits per heavy atom. The fourth-order valence-electron chi connectivity index (χ4n) is 3.09. The summed E-state index contributed by atoms with van der Waals surface area (Å²) in [4.78, 5) is 20.7. The molecule has 0 fully saturated rings. The topological polar surface area (TPSA) is 58.2 Å². The van der Waals surface area contributed by atoms with Crippen LogP contribution in [0.1, 0.15) is 44.0 Å². The van der Waals surface area contributed by atoms with E-state index in [9.17, 15) is 14.0 Å². The Hall–Kier alpha value is -3.21. The Labute approximate surface area is 171 Å². The summed E-state index contributed by atoms with van der Waals surface area (Å²) in [5.41, 5.74) is 2.05. The standard InChI is InChI=1S/C13H13NO.C11H14FNO/c1-10(14-9-15)12-7-6-11-4-2-3-5-13(11)8-12;1-8(2)11(13-7-14)9-3-5-10(12)6-4-9/h2-10H,1H3,(H,14,15);3-8,11H,1-2H3,(H,13,14). The second kappa shape index (κ2) is 11.0. The normalized spacial score (nSPS) is 12.4. The van der Waals surface area contributed by atoms with Crippen LogP contribution in [0.2, 0.25) is 0 Å². The summed E-state index contributed by atoms with van der Waals surface area (Å²) in [7, 11) is 0. The van der Waals surface area contributed by atoms with E-state index in [0.29, 0.717) is 6.41 Å². The Kier molecular flexibility index (Phi) is 8.34. The van der Waals surface area contributed by atoms with Crippen molar-refractivity contribution in [3.63, 3.8) is 0 Å². The Morgan fingerprint density at radius 3 is 1.93 bits per heavy atom. The van der Waals surface area contributed by atoms with Crippen LogP contribution in [-0.2, 0) is 9.59 Å². The lowest BCUT2D eigenvalue weighted by molar-refractivity contribution is -0.111. The van der Waals surface area contributed by atoms with Crippen molar-refractivity contribution >= 4 is 23.6 Å². The second-order valence-corrected chi connectivity index (χ2v) is 7.17. The van der Waals surface area contributed by atoms with Crippen molar-refractivity contribution in [1.82, 2.24) is 10.6 Å². The lowest BCUT2D eigenvalue weighted by atomic mass is 9.96. The lowest BCUT2D eigenvalue weighted by Crippen LogP contribution is -2.24. The van der Waals surface area contributed by atoms with E-state index in [2.05, 4.69) is 34.9 Å². The van der Waals surface area contributed by atoms with Gasteiger partial charge in [-0.05, 0) is 52.9 Å². The van der Waals surface area contributed by atoms with Crippen LogP contribution in [-0.4, -0.2) is 12.8 Å². The van der Waals surface area contributed by atoms with Gasteiger partial charge in [0.15, 0.2) is 0 Å². The molecule has 3 aromatic rings. The van der Waals surface area contributed by atoms with Crippen LogP contribution in [0, 0.1) is 11.7 Å².